The molecule has 0 heterocycles. The van der Waals surface area contributed by atoms with Crippen LogP contribution in [0.1, 0.15) is 12.8 Å². The maximum absolute atomic E-state index is 10.6. The summed E-state index contributed by atoms with van der Waals surface area (Å²) in [4.78, 5) is 10.6. The molecule has 0 rings (SSSR count). The first-order valence-corrected chi connectivity index (χ1v) is 4.04. The van der Waals surface area contributed by atoms with E-state index in [1.807, 2.05) is 0 Å². The molecular weight excluding hydrogens is 182 g/mol. The van der Waals surface area contributed by atoms with Crippen molar-refractivity contribution >= 4 is 5.97 Å². The Balaban J connectivity index is 3.82. The minimum Gasteiger partial charge on any atom is -0.468 e. The summed E-state index contributed by atoms with van der Waals surface area (Å²) in [6.07, 6.45) is 4.22. The number of carbonyl (C=O) groups excluding carboxylic acids is 1. The molecule has 0 aliphatic carbocycles. The van der Waals surface area contributed by atoms with Gasteiger partial charge in [-0.25, -0.2) is 0 Å². The summed E-state index contributed by atoms with van der Waals surface area (Å²) in [5.41, 5.74) is 5.47. The van der Waals surface area contributed by atoms with Crippen LogP contribution in [0.4, 0.5) is 0 Å². The second kappa shape index (κ2) is 6.97. The van der Waals surface area contributed by atoms with Crippen molar-refractivity contribution in [3.8, 4) is 24.2 Å². The van der Waals surface area contributed by atoms with Crippen molar-refractivity contribution in [2.45, 2.75) is 25.0 Å². The summed E-state index contributed by atoms with van der Waals surface area (Å²) in [6.45, 7) is 0. The van der Waals surface area contributed by atoms with Crippen molar-refractivity contribution in [3.63, 3.8) is 0 Å². The Morgan fingerprint density at radius 2 is 2.29 bits per heavy atom. The molecule has 0 aliphatic heterocycles. The Labute approximate surface area is 83.4 Å². The van der Waals surface area contributed by atoms with E-state index in [0.717, 1.165) is 0 Å². The molecule has 0 radical (unpaired) electrons. The van der Waals surface area contributed by atoms with E-state index in [1.54, 1.807) is 0 Å². The molecule has 0 spiro atoms. The highest BCUT2D eigenvalue weighted by Crippen LogP contribution is 1.93. The van der Waals surface area contributed by atoms with Gasteiger partial charge in [0.15, 0.2) is 0 Å². The SMILES string of the molecule is C#CC(O)C(N)CC#CCC(=O)OC. The summed E-state index contributed by atoms with van der Waals surface area (Å²) >= 11 is 0. The van der Waals surface area contributed by atoms with Crippen molar-refractivity contribution in [1.82, 2.24) is 0 Å². The van der Waals surface area contributed by atoms with Gasteiger partial charge in [0.1, 0.15) is 12.5 Å². The monoisotopic (exact) mass is 195 g/mol. The molecular formula is C10H13NO3. The van der Waals surface area contributed by atoms with E-state index in [4.69, 9.17) is 17.3 Å². The lowest BCUT2D eigenvalue weighted by Crippen LogP contribution is -2.32. The fraction of sp³-hybridized carbons (Fsp3) is 0.500. The highest BCUT2D eigenvalue weighted by atomic mass is 16.5. The third kappa shape index (κ3) is 5.21. The zero-order chi connectivity index (χ0) is 11.0. The first-order chi connectivity index (χ1) is 6.61. The molecule has 2 atom stereocenters. The molecule has 0 fully saturated rings. The van der Waals surface area contributed by atoms with Crippen molar-refractivity contribution in [1.29, 1.82) is 0 Å². The van der Waals surface area contributed by atoms with E-state index >= 15 is 0 Å². The van der Waals surface area contributed by atoms with Gasteiger partial charge in [0.25, 0.3) is 0 Å². The quantitative estimate of drug-likeness (QED) is 0.460. The summed E-state index contributed by atoms with van der Waals surface area (Å²) < 4.78 is 4.37. The number of hydrogen-bond acceptors (Lipinski definition) is 4. The number of esters is 1. The normalized spacial score (nSPS) is 13.0. The average molecular weight is 195 g/mol. The minimum absolute atomic E-state index is 0.0232. The van der Waals surface area contributed by atoms with Gasteiger partial charge in [0.05, 0.1) is 13.2 Å². The summed E-state index contributed by atoms with van der Waals surface area (Å²) in [6, 6.07) is -0.579. The van der Waals surface area contributed by atoms with Crippen LogP contribution >= 0.6 is 0 Å². The van der Waals surface area contributed by atoms with Gasteiger partial charge in [0.2, 0.25) is 0 Å². The van der Waals surface area contributed by atoms with Crippen molar-refractivity contribution < 1.29 is 14.6 Å². The first kappa shape index (κ1) is 12.5. The van der Waals surface area contributed by atoms with E-state index in [9.17, 15) is 4.79 Å². The molecule has 0 aliphatic rings. The largest absolute Gasteiger partial charge is 0.468 e. The maximum Gasteiger partial charge on any atom is 0.317 e. The third-order valence-electron chi connectivity index (χ3n) is 1.50. The molecule has 76 valence electrons. The third-order valence-corrected chi connectivity index (χ3v) is 1.50. The predicted molar refractivity (Wildman–Crippen MR) is 51.8 cm³/mol. The average Bonchev–Trinajstić information content (AvgIpc) is 2.22. The van der Waals surface area contributed by atoms with Crippen LogP contribution in [0.25, 0.3) is 0 Å². The van der Waals surface area contributed by atoms with E-state index in [0.29, 0.717) is 0 Å². The van der Waals surface area contributed by atoms with Crippen LogP contribution in [0.3, 0.4) is 0 Å². The topological polar surface area (TPSA) is 72.5 Å². The van der Waals surface area contributed by atoms with Crippen LogP contribution in [-0.4, -0.2) is 30.3 Å². The van der Waals surface area contributed by atoms with Crippen LogP contribution in [-0.2, 0) is 9.53 Å². The molecule has 0 bridgehead atoms. The molecule has 0 aromatic rings. The molecule has 2 unspecified atom stereocenters. The summed E-state index contributed by atoms with van der Waals surface area (Å²) in [7, 11) is 1.29. The minimum atomic E-state index is -0.998. The predicted octanol–water partition coefficient (Wildman–Crippen LogP) is -0.736. The zero-order valence-electron chi connectivity index (χ0n) is 7.99. The van der Waals surface area contributed by atoms with Crippen LogP contribution in [0.5, 0.6) is 0 Å². The molecule has 0 aromatic carbocycles. The standard InChI is InChI=1S/C10H13NO3/c1-3-9(12)8(11)6-4-5-7-10(13)14-2/h1,8-9,12H,6-7,11H2,2H3. The molecule has 0 saturated carbocycles. The second-order valence-electron chi connectivity index (χ2n) is 2.59. The number of methoxy groups -OCH3 is 1. The lowest BCUT2D eigenvalue weighted by atomic mass is 10.1. The second-order valence-corrected chi connectivity index (χ2v) is 2.59. The lowest BCUT2D eigenvalue weighted by molar-refractivity contribution is -0.139. The molecule has 0 amide bonds. The molecule has 0 aromatic heterocycles. The van der Waals surface area contributed by atoms with Crippen molar-refractivity contribution in [3.05, 3.63) is 0 Å². The van der Waals surface area contributed by atoms with Crippen molar-refractivity contribution in [2.24, 2.45) is 5.73 Å². The molecule has 4 heteroatoms. The Kier molecular flexibility index (Phi) is 6.22. The first-order valence-electron chi connectivity index (χ1n) is 4.04. The van der Waals surface area contributed by atoms with Gasteiger partial charge in [-0.05, 0) is 0 Å². The van der Waals surface area contributed by atoms with Gasteiger partial charge in [-0.1, -0.05) is 11.8 Å². The Bertz CT molecular complexity index is 282. The van der Waals surface area contributed by atoms with Crippen LogP contribution in [0.15, 0.2) is 0 Å². The maximum atomic E-state index is 10.6. The summed E-state index contributed by atoms with van der Waals surface area (Å²) in [5.74, 6) is 6.89. The summed E-state index contributed by atoms with van der Waals surface area (Å²) in [5, 5.41) is 9.06. The van der Waals surface area contributed by atoms with E-state index in [-0.39, 0.29) is 12.8 Å². The molecule has 4 nitrogen and oxygen atoms in total. The van der Waals surface area contributed by atoms with E-state index in [2.05, 4.69) is 22.5 Å². The number of aliphatic hydroxyl groups is 1. The number of carbonyl (C=O) groups is 1. The molecule has 3 N–H and O–H groups in total. The van der Waals surface area contributed by atoms with Gasteiger partial charge in [0, 0.05) is 6.42 Å². The Hall–Kier alpha value is -1.49. The van der Waals surface area contributed by atoms with Gasteiger partial charge in [-0.2, -0.15) is 0 Å². The van der Waals surface area contributed by atoms with Gasteiger partial charge in [-0.3, -0.25) is 4.79 Å². The van der Waals surface area contributed by atoms with E-state index in [1.165, 1.54) is 7.11 Å². The number of hydrogen-bond donors (Lipinski definition) is 2. The van der Waals surface area contributed by atoms with Gasteiger partial charge < -0.3 is 15.6 Å². The fourth-order valence-electron chi connectivity index (χ4n) is 0.632. The van der Waals surface area contributed by atoms with Crippen molar-refractivity contribution in [2.75, 3.05) is 7.11 Å². The van der Waals surface area contributed by atoms with Crippen LogP contribution in [0.2, 0.25) is 0 Å². The number of nitrogens with two attached hydrogens (primary N) is 1. The van der Waals surface area contributed by atoms with Crippen LogP contribution in [0, 0.1) is 24.2 Å². The number of terminal acetylenes is 1. The fourth-order valence-corrected chi connectivity index (χ4v) is 0.632. The number of aliphatic hydroxyl groups excluding tert-OH is 1. The number of rotatable bonds is 3. The molecule has 14 heavy (non-hydrogen) atoms. The van der Waals surface area contributed by atoms with Gasteiger partial charge >= 0.3 is 5.97 Å². The molecule has 0 saturated heterocycles. The highest BCUT2D eigenvalue weighted by Gasteiger charge is 2.09. The van der Waals surface area contributed by atoms with E-state index < -0.39 is 18.1 Å². The van der Waals surface area contributed by atoms with Gasteiger partial charge in [-0.15, -0.1) is 12.3 Å². The number of ether oxygens (including phenoxy) is 1. The van der Waals surface area contributed by atoms with Crippen LogP contribution < -0.4 is 5.73 Å². The smallest absolute Gasteiger partial charge is 0.317 e. The Morgan fingerprint density at radius 1 is 1.64 bits per heavy atom. The Morgan fingerprint density at radius 3 is 2.79 bits per heavy atom. The zero-order valence-corrected chi connectivity index (χ0v) is 7.99. The lowest BCUT2D eigenvalue weighted by Gasteiger charge is -2.08. The highest BCUT2D eigenvalue weighted by molar-refractivity contribution is 5.72.